The number of aryl methyl sites for hydroxylation is 1. The molecule has 1 aliphatic heterocycles. The molecule has 0 bridgehead atoms. The minimum absolute atomic E-state index is 0.0984. The summed E-state index contributed by atoms with van der Waals surface area (Å²) in [6, 6.07) is 9.81. The quantitative estimate of drug-likeness (QED) is 0.760. The standard InChI is InChI=1S/C21H27N3O3/c1-16-19(17(2)24(22-16)18-10-6-5-7-11-18)14-21(26)27-15-20(25)23-12-8-3-4-9-13-23/h5-7,10-11H,3-4,8-9,12-15H2,1-2H3. The maximum atomic E-state index is 12.3. The van der Waals surface area contributed by atoms with Crippen LogP contribution in [-0.4, -0.2) is 46.3 Å². The van der Waals surface area contributed by atoms with Gasteiger partial charge < -0.3 is 9.64 Å². The minimum Gasteiger partial charge on any atom is -0.455 e. The van der Waals surface area contributed by atoms with Gasteiger partial charge in [-0.2, -0.15) is 5.10 Å². The second kappa shape index (κ2) is 8.84. The number of rotatable bonds is 5. The summed E-state index contributed by atoms with van der Waals surface area (Å²) in [4.78, 5) is 26.4. The van der Waals surface area contributed by atoms with Crippen molar-refractivity contribution in [3.8, 4) is 5.69 Å². The van der Waals surface area contributed by atoms with Gasteiger partial charge in [-0.15, -0.1) is 0 Å². The monoisotopic (exact) mass is 369 g/mol. The molecule has 6 heteroatoms. The second-order valence-corrected chi connectivity index (χ2v) is 7.03. The SMILES string of the molecule is Cc1nn(-c2ccccc2)c(C)c1CC(=O)OCC(=O)N1CCCCCC1. The van der Waals surface area contributed by atoms with Gasteiger partial charge in [-0.25, -0.2) is 4.68 Å². The Kier molecular flexibility index (Phi) is 6.27. The van der Waals surface area contributed by atoms with Crippen LogP contribution >= 0.6 is 0 Å². The number of benzene rings is 1. The van der Waals surface area contributed by atoms with E-state index in [0.717, 1.165) is 61.4 Å². The molecule has 1 fully saturated rings. The molecule has 144 valence electrons. The summed E-state index contributed by atoms with van der Waals surface area (Å²) in [5, 5.41) is 4.55. The number of likely N-dealkylation sites (tertiary alicyclic amines) is 1. The van der Waals surface area contributed by atoms with Gasteiger partial charge in [0.25, 0.3) is 5.91 Å². The highest BCUT2D eigenvalue weighted by Gasteiger charge is 2.20. The van der Waals surface area contributed by atoms with Crippen LogP contribution in [0.3, 0.4) is 0 Å². The number of hydrogen-bond donors (Lipinski definition) is 0. The molecule has 1 aliphatic rings. The number of ether oxygens (including phenoxy) is 1. The average Bonchev–Trinajstić information content (AvgIpc) is 2.88. The lowest BCUT2D eigenvalue weighted by Gasteiger charge is -2.19. The van der Waals surface area contributed by atoms with Crippen molar-refractivity contribution in [1.82, 2.24) is 14.7 Å². The minimum atomic E-state index is -0.392. The van der Waals surface area contributed by atoms with Crippen molar-refractivity contribution >= 4 is 11.9 Å². The summed E-state index contributed by atoms with van der Waals surface area (Å²) in [5.41, 5.74) is 3.52. The van der Waals surface area contributed by atoms with Crippen molar-refractivity contribution in [3.63, 3.8) is 0 Å². The molecule has 27 heavy (non-hydrogen) atoms. The predicted octanol–water partition coefficient (Wildman–Crippen LogP) is 2.98. The Morgan fingerprint density at radius 1 is 1.04 bits per heavy atom. The molecular weight excluding hydrogens is 342 g/mol. The van der Waals surface area contributed by atoms with Gasteiger partial charge in [0.1, 0.15) is 0 Å². The predicted molar refractivity (Wildman–Crippen MR) is 103 cm³/mol. The third-order valence-electron chi connectivity index (χ3n) is 5.08. The highest BCUT2D eigenvalue weighted by Crippen LogP contribution is 2.18. The van der Waals surface area contributed by atoms with Crippen LogP contribution in [0.2, 0.25) is 0 Å². The third-order valence-corrected chi connectivity index (χ3v) is 5.08. The van der Waals surface area contributed by atoms with E-state index in [9.17, 15) is 9.59 Å². The van der Waals surface area contributed by atoms with Gasteiger partial charge in [-0.1, -0.05) is 31.0 Å². The molecule has 0 aliphatic carbocycles. The molecule has 1 aromatic carbocycles. The zero-order chi connectivity index (χ0) is 19.2. The van der Waals surface area contributed by atoms with E-state index in [2.05, 4.69) is 5.10 Å². The topological polar surface area (TPSA) is 64.4 Å². The average molecular weight is 369 g/mol. The van der Waals surface area contributed by atoms with Crippen LogP contribution in [0.1, 0.15) is 42.6 Å². The molecule has 3 rings (SSSR count). The number of carbonyl (C=O) groups is 2. The smallest absolute Gasteiger partial charge is 0.310 e. The summed E-state index contributed by atoms with van der Waals surface area (Å²) >= 11 is 0. The van der Waals surface area contributed by atoms with Crippen LogP contribution in [0.5, 0.6) is 0 Å². The van der Waals surface area contributed by atoms with Crippen LogP contribution in [0, 0.1) is 13.8 Å². The van der Waals surface area contributed by atoms with E-state index in [1.165, 1.54) is 0 Å². The molecule has 0 atom stereocenters. The first-order chi connectivity index (χ1) is 13.1. The fraction of sp³-hybridized carbons (Fsp3) is 0.476. The fourth-order valence-electron chi connectivity index (χ4n) is 3.50. The Labute approximate surface area is 160 Å². The number of carbonyl (C=O) groups excluding carboxylic acids is 2. The zero-order valence-corrected chi connectivity index (χ0v) is 16.1. The lowest BCUT2D eigenvalue weighted by atomic mass is 10.1. The number of nitrogens with zero attached hydrogens (tertiary/aromatic N) is 3. The lowest BCUT2D eigenvalue weighted by Crippen LogP contribution is -2.35. The van der Waals surface area contributed by atoms with E-state index in [1.807, 2.05) is 53.8 Å². The Balaban J connectivity index is 1.59. The van der Waals surface area contributed by atoms with Gasteiger partial charge in [0.05, 0.1) is 17.8 Å². The molecular formula is C21H27N3O3. The highest BCUT2D eigenvalue weighted by atomic mass is 16.5. The number of aromatic nitrogens is 2. The van der Waals surface area contributed by atoms with E-state index in [0.29, 0.717) is 0 Å². The Hall–Kier alpha value is -2.63. The van der Waals surface area contributed by atoms with Gasteiger partial charge >= 0.3 is 5.97 Å². The number of para-hydroxylation sites is 1. The van der Waals surface area contributed by atoms with Gasteiger partial charge in [0.2, 0.25) is 0 Å². The van der Waals surface area contributed by atoms with Crippen LogP contribution in [0.4, 0.5) is 0 Å². The summed E-state index contributed by atoms with van der Waals surface area (Å²) in [5.74, 6) is -0.490. The highest BCUT2D eigenvalue weighted by molar-refractivity contribution is 5.81. The molecule has 2 aromatic rings. The van der Waals surface area contributed by atoms with E-state index in [-0.39, 0.29) is 18.9 Å². The van der Waals surface area contributed by atoms with Crippen molar-refractivity contribution < 1.29 is 14.3 Å². The van der Waals surface area contributed by atoms with Crippen molar-refractivity contribution in [3.05, 3.63) is 47.3 Å². The van der Waals surface area contributed by atoms with Gasteiger partial charge in [-0.05, 0) is 38.8 Å². The fourth-order valence-corrected chi connectivity index (χ4v) is 3.50. The van der Waals surface area contributed by atoms with Crippen molar-refractivity contribution in [2.75, 3.05) is 19.7 Å². The summed E-state index contributed by atoms with van der Waals surface area (Å²) < 4.78 is 7.09. The molecule has 0 saturated carbocycles. The zero-order valence-electron chi connectivity index (χ0n) is 16.1. The first-order valence-electron chi connectivity index (χ1n) is 9.60. The van der Waals surface area contributed by atoms with E-state index < -0.39 is 5.97 Å². The van der Waals surface area contributed by atoms with E-state index in [1.54, 1.807) is 0 Å². The Bertz CT molecular complexity index is 791. The number of esters is 1. The molecule has 0 spiro atoms. The van der Waals surface area contributed by atoms with Crippen molar-refractivity contribution in [2.24, 2.45) is 0 Å². The molecule has 1 aromatic heterocycles. The summed E-state index contributed by atoms with van der Waals surface area (Å²) in [7, 11) is 0. The molecule has 1 saturated heterocycles. The molecule has 1 amide bonds. The normalized spacial score (nSPS) is 14.7. The molecule has 0 N–H and O–H groups in total. The number of hydrogen-bond acceptors (Lipinski definition) is 4. The lowest BCUT2D eigenvalue weighted by molar-refractivity contribution is -0.151. The molecule has 0 unspecified atom stereocenters. The van der Waals surface area contributed by atoms with Crippen molar-refractivity contribution in [1.29, 1.82) is 0 Å². The summed E-state index contributed by atoms with van der Waals surface area (Å²) in [6.07, 6.45) is 4.49. The van der Waals surface area contributed by atoms with Crippen LogP contribution in [-0.2, 0) is 20.7 Å². The first-order valence-corrected chi connectivity index (χ1v) is 9.60. The molecule has 6 nitrogen and oxygen atoms in total. The van der Waals surface area contributed by atoms with Gasteiger partial charge in [-0.3, -0.25) is 9.59 Å². The van der Waals surface area contributed by atoms with Crippen molar-refractivity contribution in [2.45, 2.75) is 46.0 Å². The Morgan fingerprint density at radius 2 is 1.70 bits per heavy atom. The maximum Gasteiger partial charge on any atom is 0.310 e. The van der Waals surface area contributed by atoms with E-state index >= 15 is 0 Å². The number of amides is 1. The van der Waals surface area contributed by atoms with Crippen LogP contribution < -0.4 is 0 Å². The van der Waals surface area contributed by atoms with Gasteiger partial charge in [0.15, 0.2) is 6.61 Å². The Morgan fingerprint density at radius 3 is 2.37 bits per heavy atom. The molecule has 2 heterocycles. The van der Waals surface area contributed by atoms with Gasteiger partial charge in [0, 0.05) is 24.3 Å². The van der Waals surface area contributed by atoms with Crippen LogP contribution in [0.25, 0.3) is 5.69 Å². The summed E-state index contributed by atoms with van der Waals surface area (Å²) in [6.45, 7) is 5.18. The third kappa shape index (κ3) is 4.76. The van der Waals surface area contributed by atoms with Crippen LogP contribution in [0.15, 0.2) is 30.3 Å². The molecule has 0 radical (unpaired) electrons. The second-order valence-electron chi connectivity index (χ2n) is 7.03. The largest absolute Gasteiger partial charge is 0.455 e. The maximum absolute atomic E-state index is 12.3. The first kappa shape index (κ1) is 19.1. The van der Waals surface area contributed by atoms with E-state index in [4.69, 9.17) is 4.74 Å².